The summed E-state index contributed by atoms with van der Waals surface area (Å²) in [5, 5.41) is 18.2. The van der Waals surface area contributed by atoms with Gasteiger partial charge in [-0.3, -0.25) is 9.58 Å². The molecule has 2 aliphatic heterocycles. The van der Waals surface area contributed by atoms with E-state index in [9.17, 15) is 4.79 Å². The molecule has 0 unspecified atom stereocenters. The molecule has 1 N–H and O–H groups in total. The van der Waals surface area contributed by atoms with Crippen LogP contribution >= 0.6 is 0 Å². The fourth-order valence-corrected chi connectivity index (χ4v) is 4.44. The molecule has 1 amide bonds. The van der Waals surface area contributed by atoms with Crippen LogP contribution in [0, 0.1) is 0 Å². The van der Waals surface area contributed by atoms with Gasteiger partial charge in [0.25, 0.3) is 0 Å². The zero-order valence-corrected chi connectivity index (χ0v) is 18.1. The van der Waals surface area contributed by atoms with Crippen molar-refractivity contribution in [1.29, 1.82) is 0 Å². The summed E-state index contributed by atoms with van der Waals surface area (Å²) >= 11 is 0. The Kier molecular flexibility index (Phi) is 5.95. The number of hydrogen-bond acceptors (Lipinski definition) is 6. The van der Waals surface area contributed by atoms with E-state index in [0.717, 1.165) is 68.1 Å². The highest BCUT2D eigenvalue weighted by Gasteiger charge is 2.22. The second-order valence-corrected chi connectivity index (χ2v) is 8.33. The summed E-state index contributed by atoms with van der Waals surface area (Å²) in [4.78, 5) is 17.2. The Balaban J connectivity index is 1.22. The molecule has 0 aromatic carbocycles. The van der Waals surface area contributed by atoms with Crippen molar-refractivity contribution in [2.24, 2.45) is 0 Å². The van der Waals surface area contributed by atoms with Crippen molar-refractivity contribution in [3.8, 4) is 11.1 Å². The number of hydrogen-bond donors (Lipinski definition) is 1. The topological polar surface area (TPSA) is 91.4 Å². The van der Waals surface area contributed by atoms with Crippen LogP contribution in [0.25, 0.3) is 16.6 Å². The Labute approximate surface area is 186 Å². The first kappa shape index (κ1) is 20.8. The lowest BCUT2D eigenvalue weighted by Crippen LogP contribution is -2.48. The number of anilines is 1. The number of aromatic nitrogens is 4. The lowest BCUT2D eigenvalue weighted by atomic mass is 10.1. The maximum atomic E-state index is 11.1. The maximum Gasteiger partial charge on any atom is 0.407 e. The van der Waals surface area contributed by atoms with Gasteiger partial charge in [0.05, 0.1) is 36.8 Å². The number of aryl methyl sites for hydroxylation is 1. The third kappa shape index (κ3) is 4.42. The minimum atomic E-state index is -0.851. The molecule has 3 aromatic rings. The van der Waals surface area contributed by atoms with Gasteiger partial charge in [-0.05, 0) is 12.5 Å². The fraction of sp³-hybridized carbons (Fsp3) is 0.500. The molecule has 0 radical (unpaired) electrons. The Morgan fingerprint density at radius 3 is 2.53 bits per heavy atom. The number of ether oxygens (including phenoxy) is 1. The number of carboxylic acid groups (broad SMARTS) is 1. The summed E-state index contributed by atoms with van der Waals surface area (Å²) in [6.07, 6.45) is 8.11. The molecule has 0 atom stereocenters. The Morgan fingerprint density at radius 2 is 1.75 bits per heavy atom. The van der Waals surface area contributed by atoms with E-state index in [1.54, 1.807) is 0 Å². The smallest absolute Gasteiger partial charge is 0.407 e. The van der Waals surface area contributed by atoms with Gasteiger partial charge in [0, 0.05) is 75.9 Å². The minimum absolute atomic E-state index is 0.509. The molecule has 32 heavy (non-hydrogen) atoms. The van der Waals surface area contributed by atoms with Crippen LogP contribution in [0.3, 0.4) is 0 Å². The van der Waals surface area contributed by atoms with Crippen LogP contribution in [0.5, 0.6) is 0 Å². The standard InChI is InChI=1S/C22H29N7O3/c30-22(31)27-8-6-26(7-9-27)21-15-24-29-17-18(2-3-20(21)29)19-14-23-28(16-19)5-1-4-25-10-12-32-13-11-25/h2-3,14-17H,1,4-13H2,(H,30,31). The number of piperazine rings is 1. The SMILES string of the molecule is O=C(O)N1CCN(c2cnn3cc(-c4cnn(CCCN5CCOCC5)c4)ccc23)CC1. The van der Waals surface area contributed by atoms with Crippen molar-refractivity contribution in [3.05, 3.63) is 36.9 Å². The molecular formula is C22H29N7O3. The number of rotatable bonds is 6. The minimum Gasteiger partial charge on any atom is -0.465 e. The zero-order valence-electron chi connectivity index (χ0n) is 18.1. The number of morpholine rings is 1. The van der Waals surface area contributed by atoms with Gasteiger partial charge in [-0.15, -0.1) is 0 Å². The molecular weight excluding hydrogens is 410 g/mol. The molecule has 10 heteroatoms. The predicted molar refractivity (Wildman–Crippen MR) is 120 cm³/mol. The maximum absolute atomic E-state index is 11.1. The lowest BCUT2D eigenvalue weighted by Gasteiger charge is -2.33. The second kappa shape index (κ2) is 9.17. The summed E-state index contributed by atoms with van der Waals surface area (Å²) in [5.41, 5.74) is 4.21. The normalized spacial score (nSPS) is 17.9. The van der Waals surface area contributed by atoms with Crippen LogP contribution < -0.4 is 4.90 Å². The highest BCUT2D eigenvalue weighted by Crippen LogP contribution is 2.26. The van der Waals surface area contributed by atoms with Gasteiger partial charge < -0.3 is 19.6 Å². The molecule has 2 fully saturated rings. The first-order valence-corrected chi connectivity index (χ1v) is 11.2. The van der Waals surface area contributed by atoms with E-state index in [4.69, 9.17) is 9.84 Å². The van der Waals surface area contributed by atoms with Gasteiger partial charge in [-0.25, -0.2) is 9.31 Å². The van der Waals surface area contributed by atoms with E-state index >= 15 is 0 Å². The van der Waals surface area contributed by atoms with Crippen molar-refractivity contribution in [1.82, 2.24) is 29.2 Å². The van der Waals surface area contributed by atoms with E-state index in [1.165, 1.54) is 4.90 Å². The van der Waals surface area contributed by atoms with E-state index in [1.807, 2.05) is 27.8 Å². The molecule has 2 aliphatic rings. The number of pyridine rings is 1. The molecule has 0 saturated carbocycles. The van der Waals surface area contributed by atoms with Crippen LogP contribution in [0.1, 0.15) is 6.42 Å². The zero-order chi connectivity index (χ0) is 21.9. The lowest BCUT2D eigenvalue weighted by molar-refractivity contribution is 0.0368. The van der Waals surface area contributed by atoms with Crippen molar-refractivity contribution in [2.45, 2.75) is 13.0 Å². The molecule has 170 valence electrons. The van der Waals surface area contributed by atoms with Gasteiger partial charge in [-0.1, -0.05) is 6.07 Å². The molecule has 5 rings (SSSR count). The van der Waals surface area contributed by atoms with Crippen LogP contribution in [-0.2, 0) is 11.3 Å². The van der Waals surface area contributed by atoms with Crippen LogP contribution in [0.2, 0.25) is 0 Å². The molecule has 5 heterocycles. The van der Waals surface area contributed by atoms with E-state index in [2.05, 4.69) is 38.3 Å². The first-order valence-electron chi connectivity index (χ1n) is 11.2. The van der Waals surface area contributed by atoms with Crippen LogP contribution in [-0.4, -0.2) is 99.4 Å². The van der Waals surface area contributed by atoms with Gasteiger partial charge in [-0.2, -0.15) is 10.2 Å². The molecule has 0 bridgehead atoms. The van der Waals surface area contributed by atoms with Crippen LogP contribution in [0.15, 0.2) is 36.9 Å². The monoisotopic (exact) mass is 439 g/mol. The summed E-state index contributed by atoms with van der Waals surface area (Å²) in [5.74, 6) is 0. The average Bonchev–Trinajstić information content (AvgIpc) is 3.47. The van der Waals surface area contributed by atoms with E-state index in [-0.39, 0.29) is 0 Å². The molecule has 0 spiro atoms. The Hall–Kier alpha value is -3.11. The van der Waals surface area contributed by atoms with E-state index in [0.29, 0.717) is 26.2 Å². The van der Waals surface area contributed by atoms with Crippen molar-refractivity contribution in [2.75, 3.05) is 63.9 Å². The van der Waals surface area contributed by atoms with Gasteiger partial charge in [0.1, 0.15) is 0 Å². The highest BCUT2D eigenvalue weighted by molar-refractivity contribution is 5.75. The number of amides is 1. The van der Waals surface area contributed by atoms with Crippen LogP contribution in [0.4, 0.5) is 10.5 Å². The quantitative estimate of drug-likeness (QED) is 0.625. The second-order valence-electron chi connectivity index (χ2n) is 8.33. The van der Waals surface area contributed by atoms with Crippen molar-refractivity contribution < 1.29 is 14.6 Å². The first-order chi connectivity index (χ1) is 15.7. The summed E-state index contributed by atoms with van der Waals surface area (Å²) in [7, 11) is 0. The highest BCUT2D eigenvalue weighted by atomic mass is 16.5. The molecule has 10 nitrogen and oxygen atoms in total. The Morgan fingerprint density at radius 1 is 0.938 bits per heavy atom. The Bertz CT molecular complexity index is 1060. The predicted octanol–water partition coefficient (Wildman–Crippen LogP) is 1.72. The third-order valence-electron chi connectivity index (χ3n) is 6.32. The van der Waals surface area contributed by atoms with Gasteiger partial charge in [0.15, 0.2) is 0 Å². The van der Waals surface area contributed by atoms with Gasteiger partial charge >= 0.3 is 6.09 Å². The molecule has 0 aliphatic carbocycles. The average molecular weight is 440 g/mol. The van der Waals surface area contributed by atoms with Crippen molar-refractivity contribution >= 4 is 17.3 Å². The summed E-state index contributed by atoms with van der Waals surface area (Å²) in [6.45, 7) is 8.04. The number of carbonyl (C=O) groups is 1. The summed E-state index contributed by atoms with van der Waals surface area (Å²) < 4.78 is 9.31. The fourth-order valence-electron chi connectivity index (χ4n) is 4.44. The van der Waals surface area contributed by atoms with E-state index < -0.39 is 6.09 Å². The molecule has 2 saturated heterocycles. The number of nitrogens with zero attached hydrogens (tertiary/aromatic N) is 7. The number of fused-ring (bicyclic) bond motifs is 1. The van der Waals surface area contributed by atoms with Crippen molar-refractivity contribution in [3.63, 3.8) is 0 Å². The third-order valence-corrected chi connectivity index (χ3v) is 6.32. The molecule has 3 aromatic heterocycles. The van der Waals surface area contributed by atoms with Gasteiger partial charge in [0.2, 0.25) is 0 Å². The largest absolute Gasteiger partial charge is 0.465 e. The summed E-state index contributed by atoms with van der Waals surface area (Å²) in [6, 6.07) is 4.18.